The lowest BCUT2D eigenvalue weighted by Crippen LogP contribution is -2.46. The van der Waals surface area contributed by atoms with Crippen LogP contribution in [0.3, 0.4) is 0 Å². The van der Waals surface area contributed by atoms with Crippen LogP contribution in [0.15, 0.2) is 48.5 Å². The molecule has 0 aromatic heterocycles. The predicted molar refractivity (Wildman–Crippen MR) is 105 cm³/mol. The van der Waals surface area contributed by atoms with Crippen molar-refractivity contribution in [3.63, 3.8) is 0 Å². The van der Waals surface area contributed by atoms with Gasteiger partial charge in [0.25, 0.3) is 0 Å². The lowest BCUT2D eigenvalue weighted by atomic mass is 9.82. The summed E-state index contributed by atoms with van der Waals surface area (Å²) in [7, 11) is 1.66. The Kier molecular flexibility index (Phi) is 4.68. The number of hydrogen-bond donors (Lipinski definition) is 1. The molecule has 1 saturated carbocycles. The number of methoxy groups -OCH3 is 1. The number of aryl methyl sites for hydroxylation is 1. The first-order chi connectivity index (χ1) is 13.0. The number of aliphatic hydroxyl groups is 1. The first-order valence-corrected chi connectivity index (χ1v) is 9.73. The maximum Gasteiger partial charge on any atom is 0.226 e. The molecule has 4 nitrogen and oxygen atoms in total. The second-order valence-electron chi connectivity index (χ2n) is 7.89. The highest BCUT2D eigenvalue weighted by Crippen LogP contribution is 2.49. The van der Waals surface area contributed by atoms with Crippen LogP contribution < -0.4 is 4.74 Å². The number of piperidine rings is 1. The van der Waals surface area contributed by atoms with Gasteiger partial charge in [0.2, 0.25) is 5.91 Å². The lowest BCUT2D eigenvalue weighted by Gasteiger charge is -2.39. The van der Waals surface area contributed by atoms with Crippen molar-refractivity contribution in [1.82, 2.24) is 4.90 Å². The molecule has 1 aliphatic carbocycles. The monoisotopic (exact) mass is 365 g/mol. The number of hydrogen-bond acceptors (Lipinski definition) is 3. The molecule has 2 aliphatic rings. The van der Waals surface area contributed by atoms with E-state index in [-0.39, 0.29) is 11.8 Å². The highest BCUT2D eigenvalue weighted by atomic mass is 16.5. The standard InChI is InChI=1S/C23H27NO3/c1-16-5-3-4-6-21(16)23(26)11-13-24(14-12-23)22(25)20-15-19(20)17-7-9-18(27-2)10-8-17/h3-10,19-20,26H,11-15H2,1-2H3/t19-,20-/m1/s1. The molecule has 2 aromatic rings. The number of carbonyl (C=O) groups is 1. The van der Waals surface area contributed by atoms with Gasteiger partial charge in [-0.15, -0.1) is 0 Å². The van der Waals surface area contributed by atoms with Crippen LogP contribution in [0.1, 0.15) is 41.9 Å². The molecule has 1 amide bonds. The van der Waals surface area contributed by atoms with E-state index in [0.717, 1.165) is 23.3 Å². The summed E-state index contributed by atoms with van der Waals surface area (Å²) in [6, 6.07) is 16.0. The number of carbonyl (C=O) groups excluding carboxylic acids is 1. The molecule has 1 N–H and O–H groups in total. The summed E-state index contributed by atoms with van der Waals surface area (Å²) in [6.07, 6.45) is 2.12. The largest absolute Gasteiger partial charge is 0.497 e. The first kappa shape index (κ1) is 18.1. The molecule has 0 spiro atoms. The second kappa shape index (κ2) is 7.01. The molecule has 142 valence electrons. The molecular weight excluding hydrogens is 338 g/mol. The molecule has 2 fully saturated rings. The first-order valence-electron chi connectivity index (χ1n) is 9.73. The van der Waals surface area contributed by atoms with Crippen molar-refractivity contribution in [2.45, 2.75) is 37.7 Å². The molecule has 1 saturated heterocycles. The van der Waals surface area contributed by atoms with Gasteiger partial charge in [-0.3, -0.25) is 4.79 Å². The van der Waals surface area contributed by atoms with Crippen LogP contribution in [0.4, 0.5) is 0 Å². The number of ether oxygens (including phenoxy) is 1. The fourth-order valence-corrected chi connectivity index (χ4v) is 4.38. The van der Waals surface area contributed by atoms with Gasteiger partial charge in [-0.2, -0.15) is 0 Å². The fraction of sp³-hybridized carbons (Fsp3) is 0.435. The van der Waals surface area contributed by atoms with E-state index in [1.54, 1.807) is 7.11 Å². The van der Waals surface area contributed by atoms with E-state index in [2.05, 4.69) is 12.1 Å². The summed E-state index contributed by atoms with van der Waals surface area (Å²) in [5.74, 6) is 1.49. The minimum absolute atomic E-state index is 0.0862. The van der Waals surface area contributed by atoms with E-state index < -0.39 is 5.60 Å². The van der Waals surface area contributed by atoms with Crippen molar-refractivity contribution in [3.8, 4) is 5.75 Å². The molecule has 4 heteroatoms. The number of amides is 1. The number of benzene rings is 2. The number of nitrogens with zero attached hydrogens (tertiary/aromatic N) is 1. The molecule has 2 atom stereocenters. The van der Waals surface area contributed by atoms with E-state index in [4.69, 9.17) is 4.74 Å². The summed E-state index contributed by atoms with van der Waals surface area (Å²) in [6.45, 7) is 3.28. The molecule has 1 heterocycles. The Morgan fingerprint density at radius 1 is 1.11 bits per heavy atom. The molecule has 1 aliphatic heterocycles. The van der Waals surface area contributed by atoms with Gasteiger partial charge >= 0.3 is 0 Å². The van der Waals surface area contributed by atoms with Crippen molar-refractivity contribution >= 4 is 5.91 Å². The molecule has 2 aromatic carbocycles. The van der Waals surface area contributed by atoms with Crippen LogP contribution >= 0.6 is 0 Å². The van der Waals surface area contributed by atoms with Crippen molar-refractivity contribution < 1.29 is 14.6 Å². The Morgan fingerprint density at radius 2 is 1.78 bits per heavy atom. The predicted octanol–water partition coefficient (Wildman–Crippen LogP) is 3.62. The fourth-order valence-electron chi connectivity index (χ4n) is 4.38. The van der Waals surface area contributed by atoms with E-state index >= 15 is 0 Å². The van der Waals surface area contributed by atoms with Crippen LogP contribution in [-0.2, 0) is 10.4 Å². The van der Waals surface area contributed by atoms with Gasteiger partial charge in [0, 0.05) is 19.0 Å². The van der Waals surface area contributed by atoms with Gasteiger partial charge in [-0.1, -0.05) is 36.4 Å². The summed E-state index contributed by atoms with van der Waals surface area (Å²) in [5, 5.41) is 11.1. The molecular formula is C23H27NO3. The van der Waals surface area contributed by atoms with Gasteiger partial charge < -0.3 is 14.7 Å². The summed E-state index contributed by atoms with van der Waals surface area (Å²) >= 11 is 0. The van der Waals surface area contributed by atoms with E-state index in [0.29, 0.717) is 31.8 Å². The zero-order valence-corrected chi connectivity index (χ0v) is 16.0. The Labute approximate surface area is 160 Å². The smallest absolute Gasteiger partial charge is 0.226 e. The lowest BCUT2D eigenvalue weighted by molar-refractivity contribution is -0.137. The highest BCUT2D eigenvalue weighted by molar-refractivity contribution is 5.83. The summed E-state index contributed by atoms with van der Waals surface area (Å²) < 4.78 is 5.20. The quantitative estimate of drug-likeness (QED) is 0.900. The van der Waals surface area contributed by atoms with Crippen molar-refractivity contribution in [1.29, 1.82) is 0 Å². The zero-order chi connectivity index (χ0) is 19.0. The van der Waals surface area contributed by atoms with Crippen LogP contribution in [0.25, 0.3) is 0 Å². The van der Waals surface area contributed by atoms with Crippen LogP contribution in [0, 0.1) is 12.8 Å². The summed E-state index contributed by atoms with van der Waals surface area (Å²) in [5.41, 5.74) is 2.50. The SMILES string of the molecule is COc1ccc([C@H]2C[C@H]2C(=O)N2CCC(O)(c3ccccc3C)CC2)cc1. The Bertz CT molecular complexity index is 822. The minimum atomic E-state index is -0.818. The van der Waals surface area contributed by atoms with E-state index in [1.165, 1.54) is 5.56 Å². The Morgan fingerprint density at radius 3 is 2.41 bits per heavy atom. The van der Waals surface area contributed by atoms with E-state index in [9.17, 15) is 9.90 Å². The van der Waals surface area contributed by atoms with Gasteiger partial charge in [-0.25, -0.2) is 0 Å². The number of rotatable bonds is 4. The molecule has 0 radical (unpaired) electrons. The van der Waals surface area contributed by atoms with Gasteiger partial charge in [0.1, 0.15) is 5.75 Å². The third kappa shape index (κ3) is 3.46. The molecule has 0 unspecified atom stereocenters. The third-order valence-electron chi connectivity index (χ3n) is 6.20. The number of likely N-dealkylation sites (tertiary alicyclic amines) is 1. The van der Waals surface area contributed by atoms with Crippen molar-refractivity contribution in [2.75, 3.05) is 20.2 Å². The van der Waals surface area contributed by atoms with Crippen LogP contribution in [-0.4, -0.2) is 36.1 Å². The third-order valence-corrected chi connectivity index (χ3v) is 6.20. The molecule has 4 rings (SSSR count). The maximum atomic E-state index is 12.9. The van der Waals surface area contributed by atoms with Crippen LogP contribution in [0.2, 0.25) is 0 Å². The average molecular weight is 365 g/mol. The van der Waals surface area contributed by atoms with Crippen molar-refractivity contribution in [3.05, 3.63) is 65.2 Å². The highest BCUT2D eigenvalue weighted by Gasteiger charge is 2.47. The zero-order valence-electron chi connectivity index (χ0n) is 16.0. The Hall–Kier alpha value is -2.33. The topological polar surface area (TPSA) is 49.8 Å². The maximum absolute atomic E-state index is 12.9. The van der Waals surface area contributed by atoms with Crippen LogP contribution in [0.5, 0.6) is 5.75 Å². The molecule has 0 bridgehead atoms. The van der Waals surface area contributed by atoms with Gasteiger partial charge in [0.05, 0.1) is 12.7 Å². The van der Waals surface area contributed by atoms with Gasteiger partial charge in [-0.05, 0) is 60.9 Å². The molecule has 27 heavy (non-hydrogen) atoms. The Balaban J connectivity index is 1.37. The van der Waals surface area contributed by atoms with E-state index in [1.807, 2.05) is 48.2 Å². The van der Waals surface area contributed by atoms with Gasteiger partial charge in [0.15, 0.2) is 0 Å². The van der Waals surface area contributed by atoms with Crippen molar-refractivity contribution in [2.24, 2.45) is 5.92 Å². The summed E-state index contributed by atoms with van der Waals surface area (Å²) in [4.78, 5) is 14.8. The normalized spacial score (nSPS) is 23.7. The average Bonchev–Trinajstić information content (AvgIpc) is 3.49. The second-order valence-corrected chi connectivity index (χ2v) is 7.89. The minimum Gasteiger partial charge on any atom is -0.497 e.